The molecule has 2 rings (SSSR count). The first kappa shape index (κ1) is 11.1. The van der Waals surface area contributed by atoms with Gasteiger partial charge in [0.1, 0.15) is 0 Å². The molecule has 0 bridgehead atoms. The Bertz CT molecular complexity index is 533. The van der Waals surface area contributed by atoms with E-state index in [4.69, 9.17) is 5.21 Å². The zero-order valence-corrected chi connectivity index (χ0v) is 9.19. The van der Waals surface area contributed by atoms with E-state index >= 15 is 0 Å². The normalized spacial score (nSPS) is 11.3. The molecule has 0 aliphatic rings. The van der Waals surface area contributed by atoms with E-state index in [0.29, 0.717) is 0 Å². The molecular formula is C14H12N2O. The molecule has 0 radical (unpaired) electrons. The lowest BCUT2D eigenvalue weighted by Gasteiger charge is -1.97. The minimum absolute atomic E-state index is 0.772. The molecule has 0 saturated carbocycles. The summed E-state index contributed by atoms with van der Waals surface area (Å²) in [7, 11) is 0. The molecule has 2 aromatic rings. The Morgan fingerprint density at radius 3 is 2.59 bits per heavy atom. The summed E-state index contributed by atoms with van der Waals surface area (Å²) in [5.41, 5.74) is 2.65. The zero-order valence-electron chi connectivity index (χ0n) is 9.19. The van der Waals surface area contributed by atoms with Crippen LogP contribution < -0.4 is 0 Å². The van der Waals surface area contributed by atoms with E-state index < -0.39 is 0 Å². The van der Waals surface area contributed by atoms with Crippen LogP contribution in [0.5, 0.6) is 0 Å². The quantitative estimate of drug-likeness (QED) is 0.494. The predicted molar refractivity (Wildman–Crippen MR) is 69.0 cm³/mol. The Labute approximate surface area is 99.8 Å². The van der Waals surface area contributed by atoms with Gasteiger partial charge < -0.3 is 5.21 Å². The Morgan fingerprint density at radius 2 is 1.82 bits per heavy atom. The number of nitrogens with zero attached hydrogens (tertiary/aromatic N) is 2. The number of aromatic nitrogens is 1. The number of benzene rings is 1. The molecule has 3 heteroatoms. The second-order valence-corrected chi connectivity index (χ2v) is 3.47. The van der Waals surface area contributed by atoms with E-state index in [2.05, 4.69) is 10.1 Å². The fraction of sp³-hybridized carbons (Fsp3) is 0. The SMILES string of the molecule is ON=Cc1cccnc1C=Cc1ccccc1. The summed E-state index contributed by atoms with van der Waals surface area (Å²) in [6.07, 6.45) is 6.94. The molecule has 0 aliphatic heterocycles. The molecule has 1 N–H and O–H groups in total. The molecule has 84 valence electrons. The molecular weight excluding hydrogens is 212 g/mol. The van der Waals surface area contributed by atoms with Crippen LogP contribution in [0.4, 0.5) is 0 Å². The van der Waals surface area contributed by atoms with Gasteiger partial charge in [0.15, 0.2) is 0 Å². The molecule has 0 atom stereocenters. The summed E-state index contributed by atoms with van der Waals surface area (Å²) >= 11 is 0. The predicted octanol–water partition coefficient (Wildman–Crippen LogP) is 3.06. The van der Waals surface area contributed by atoms with Crippen molar-refractivity contribution in [3.63, 3.8) is 0 Å². The van der Waals surface area contributed by atoms with Crippen molar-refractivity contribution in [2.45, 2.75) is 0 Å². The maximum Gasteiger partial charge on any atom is 0.0755 e. The largest absolute Gasteiger partial charge is 0.411 e. The van der Waals surface area contributed by atoms with Crippen molar-refractivity contribution in [3.05, 3.63) is 65.5 Å². The third kappa shape index (κ3) is 3.01. The Morgan fingerprint density at radius 1 is 1.00 bits per heavy atom. The summed E-state index contributed by atoms with van der Waals surface area (Å²) in [6, 6.07) is 13.6. The van der Waals surface area contributed by atoms with Crippen LogP contribution in [0.1, 0.15) is 16.8 Å². The summed E-state index contributed by atoms with van der Waals surface area (Å²) in [5, 5.41) is 11.6. The first-order valence-corrected chi connectivity index (χ1v) is 5.26. The van der Waals surface area contributed by atoms with E-state index in [1.165, 1.54) is 6.21 Å². The van der Waals surface area contributed by atoms with Crippen LogP contribution in [0.2, 0.25) is 0 Å². The monoisotopic (exact) mass is 224 g/mol. The Balaban J connectivity index is 2.27. The van der Waals surface area contributed by atoms with Gasteiger partial charge in [-0.3, -0.25) is 4.98 Å². The van der Waals surface area contributed by atoms with E-state index in [1.807, 2.05) is 48.6 Å². The van der Waals surface area contributed by atoms with Crippen LogP contribution in [0.3, 0.4) is 0 Å². The first-order chi connectivity index (χ1) is 8.40. The molecule has 1 heterocycles. The van der Waals surface area contributed by atoms with Gasteiger partial charge in [-0.2, -0.15) is 0 Å². The number of oxime groups is 1. The molecule has 0 unspecified atom stereocenters. The van der Waals surface area contributed by atoms with Gasteiger partial charge in [-0.1, -0.05) is 41.6 Å². The molecule has 0 amide bonds. The number of hydrogen-bond acceptors (Lipinski definition) is 3. The highest BCUT2D eigenvalue weighted by Crippen LogP contribution is 2.09. The van der Waals surface area contributed by atoms with Gasteiger partial charge in [0, 0.05) is 11.8 Å². The van der Waals surface area contributed by atoms with Crippen LogP contribution >= 0.6 is 0 Å². The summed E-state index contributed by atoms with van der Waals surface area (Å²) in [6.45, 7) is 0. The highest BCUT2D eigenvalue weighted by atomic mass is 16.4. The minimum Gasteiger partial charge on any atom is -0.411 e. The third-order valence-corrected chi connectivity index (χ3v) is 2.30. The molecule has 0 saturated heterocycles. The highest BCUT2D eigenvalue weighted by Gasteiger charge is 1.96. The van der Waals surface area contributed by atoms with Crippen LogP contribution in [0.15, 0.2) is 53.8 Å². The van der Waals surface area contributed by atoms with Crippen LogP contribution in [-0.4, -0.2) is 16.4 Å². The lowest BCUT2D eigenvalue weighted by molar-refractivity contribution is 0.322. The zero-order chi connectivity index (χ0) is 11.9. The van der Waals surface area contributed by atoms with Gasteiger partial charge in [-0.15, -0.1) is 0 Å². The van der Waals surface area contributed by atoms with E-state index in [0.717, 1.165) is 16.8 Å². The fourth-order valence-corrected chi connectivity index (χ4v) is 1.48. The molecule has 0 fully saturated rings. The van der Waals surface area contributed by atoms with E-state index in [9.17, 15) is 0 Å². The van der Waals surface area contributed by atoms with Gasteiger partial charge in [0.2, 0.25) is 0 Å². The summed E-state index contributed by atoms with van der Waals surface area (Å²) in [5.74, 6) is 0. The van der Waals surface area contributed by atoms with E-state index in [-0.39, 0.29) is 0 Å². The van der Waals surface area contributed by atoms with Crippen molar-refractivity contribution in [1.82, 2.24) is 4.98 Å². The van der Waals surface area contributed by atoms with Crippen LogP contribution in [0.25, 0.3) is 12.2 Å². The summed E-state index contributed by atoms with van der Waals surface area (Å²) < 4.78 is 0. The standard InChI is InChI=1S/C14H12N2O/c17-16-11-13-7-4-10-15-14(13)9-8-12-5-2-1-3-6-12/h1-11,17H. The average Bonchev–Trinajstić information content (AvgIpc) is 2.39. The number of pyridine rings is 1. The molecule has 17 heavy (non-hydrogen) atoms. The topological polar surface area (TPSA) is 45.5 Å². The van der Waals surface area contributed by atoms with Gasteiger partial charge in [0.25, 0.3) is 0 Å². The van der Waals surface area contributed by atoms with Crippen molar-refractivity contribution in [2.24, 2.45) is 5.16 Å². The van der Waals surface area contributed by atoms with Gasteiger partial charge in [-0.25, -0.2) is 0 Å². The lowest BCUT2D eigenvalue weighted by atomic mass is 10.1. The first-order valence-electron chi connectivity index (χ1n) is 5.26. The second kappa shape index (κ2) is 5.61. The van der Waals surface area contributed by atoms with Crippen molar-refractivity contribution in [2.75, 3.05) is 0 Å². The van der Waals surface area contributed by atoms with Crippen molar-refractivity contribution in [1.29, 1.82) is 0 Å². The molecule has 0 spiro atoms. The van der Waals surface area contributed by atoms with Crippen LogP contribution in [-0.2, 0) is 0 Å². The molecule has 0 aliphatic carbocycles. The third-order valence-electron chi connectivity index (χ3n) is 2.30. The Kier molecular flexibility index (Phi) is 3.65. The molecule has 3 nitrogen and oxygen atoms in total. The second-order valence-electron chi connectivity index (χ2n) is 3.47. The summed E-state index contributed by atoms with van der Waals surface area (Å²) in [4.78, 5) is 4.22. The molecule has 1 aromatic carbocycles. The maximum absolute atomic E-state index is 8.55. The highest BCUT2D eigenvalue weighted by molar-refractivity contribution is 5.86. The minimum atomic E-state index is 0.772. The van der Waals surface area contributed by atoms with Crippen molar-refractivity contribution in [3.8, 4) is 0 Å². The maximum atomic E-state index is 8.55. The van der Waals surface area contributed by atoms with Crippen molar-refractivity contribution < 1.29 is 5.21 Å². The smallest absolute Gasteiger partial charge is 0.0755 e. The lowest BCUT2D eigenvalue weighted by Crippen LogP contribution is -1.89. The van der Waals surface area contributed by atoms with Crippen molar-refractivity contribution >= 4 is 18.4 Å². The van der Waals surface area contributed by atoms with Gasteiger partial charge >= 0.3 is 0 Å². The number of rotatable bonds is 3. The molecule has 1 aromatic heterocycles. The van der Waals surface area contributed by atoms with E-state index in [1.54, 1.807) is 12.3 Å². The average molecular weight is 224 g/mol. The fourth-order valence-electron chi connectivity index (χ4n) is 1.48. The van der Waals surface area contributed by atoms with Crippen LogP contribution in [0, 0.1) is 0 Å². The number of hydrogen-bond donors (Lipinski definition) is 1. The Hall–Kier alpha value is -2.42. The van der Waals surface area contributed by atoms with Gasteiger partial charge in [0.05, 0.1) is 11.9 Å². The van der Waals surface area contributed by atoms with Gasteiger partial charge in [-0.05, 0) is 23.8 Å².